The summed E-state index contributed by atoms with van der Waals surface area (Å²) in [5, 5.41) is 2.96. The topological polar surface area (TPSA) is 73.6 Å². The van der Waals surface area contributed by atoms with Crippen LogP contribution in [0.2, 0.25) is 0 Å². The Morgan fingerprint density at radius 2 is 2.07 bits per heavy atom. The molecule has 5 nitrogen and oxygen atoms in total. The molecule has 3 N–H and O–H groups in total. The van der Waals surface area contributed by atoms with E-state index in [0.717, 1.165) is 41.9 Å². The van der Waals surface area contributed by atoms with Gasteiger partial charge in [-0.1, -0.05) is 42.5 Å². The molecule has 0 aromatic heterocycles. The monoisotopic (exact) mass is 404 g/mol. The number of hydrogen-bond acceptors (Lipinski definition) is 4. The molecule has 0 bridgehead atoms. The summed E-state index contributed by atoms with van der Waals surface area (Å²) >= 11 is 0. The van der Waals surface area contributed by atoms with E-state index >= 15 is 0 Å². The van der Waals surface area contributed by atoms with Crippen molar-refractivity contribution < 1.29 is 14.3 Å². The van der Waals surface area contributed by atoms with Gasteiger partial charge in [0.1, 0.15) is 12.4 Å². The second-order valence-electron chi connectivity index (χ2n) is 7.06. The summed E-state index contributed by atoms with van der Waals surface area (Å²) in [6.45, 7) is 3.80. The summed E-state index contributed by atoms with van der Waals surface area (Å²) in [4.78, 5) is 12.3. The van der Waals surface area contributed by atoms with E-state index in [2.05, 4.69) is 5.32 Å². The second-order valence-corrected chi connectivity index (χ2v) is 7.06. The maximum Gasteiger partial charge on any atom is 0.222 e. The van der Waals surface area contributed by atoms with Gasteiger partial charge in [-0.15, -0.1) is 12.4 Å². The molecule has 1 fully saturated rings. The van der Waals surface area contributed by atoms with Crippen LogP contribution in [-0.2, 0) is 16.1 Å². The highest BCUT2D eigenvalue weighted by Crippen LogP contribution is 2.22. The van der Waals surface area contributed by atoms with Crippen molar-refractivity contribution in [2.24, 2.45) is 5.73 Å². The lowest BCUT2D eigenvalue weighted by Gasteiger charge is -2.16. The fourth-order valence-corrected chi connectivity index (χ4v) is 3.18. The smallest absolute Gasteiger partial charge is 0.222 e. The highest BCUT2D eigenvalue weighted by atomic mass is 35.5. The molecule has 0 saturated carbocycles. The highest BCUT2D eigenvalue weighted by molar-refractivity contribution is 5.85. The Morgan fingerprint density at radius 3 is 2.79 bits per heavy atom. The summed E-state index contributed by atoms with van der Waals surface area (Å²) in [5.41, 5.74) is 9.18. The third kappa shape index (κ3) is 6.51. The summed E-state index contributed by atoms with van der Waals surface area (Å²) in [6.07, 6.45) is 2.54. The van der Waals surface area contributed by atoms with E-state index in [4.69, 9.17) is 15.2 Å². The minimum Gasteiger partial charge on any atom is -0.491 e. The normalized spacial score (nSPS) is 16.9. The Kier molecular flexibility index (Phi) is 8.77. The zero-order chi connectivity index (χ0) is 19.1. The molecule has 0 spiro atoms. The van der Waals surface area contributed by atoms with Crippen LogP contribution in [0.15, 0.2) is 48.5 Å². The quantitative estimate of drug-likeness (QED) is 0.703. The van der Waals surface area contributed by atoms with Crippen LogP contribution in [0.25, 0.3) is 0 Å². The zero-order valence-electron chi connectivity index (χ0n) is 16.2. The van der Waals surface area contributed by atoms with Crippen LogP contribution in [0.5, 0.6) is 5.75 Å². The average molecular weight is 405 g/mol. The van der Waals surface area contributed by atoms with Crippen molar-refractivity contribution >= 4 is 18.3 Å². The van der Waals surface area contributed by atoms with Gasteiger partial charge in [0.25, 0.3) is 0 Å². The third-order valence-corrected chi connectivity index (χ3v) is 4.78. The first kappa shape index (κ1) is 22.2. The van der Waals surface area contributed by atoms with Crippen molar-refractivity contribution in [3.8, 4) is 5.75 Å². The van der Waals surface area contributed by atoms with Crippen LogP contribution in [0, 0.1) is 6.92 Å². The first-order valence-electron chi connectivity index (χ1n) is 9.53. The molecule has 28 heavy (non-hydrogen) atoms. The van der Waals surface area contributed by atoms with Crippen molar-refractivity contribution in [1.82, 2.24) is 5.32 Å². The van der Waals surface area contributed by atoms with Crippen molar-refractivity contribution in [3.05, 3.63) is 65.2 Å². The van der Waals surface area contributed by atoms with E-state index in [9.17, 15) is 4.79 Å². The predicted octanol–water partition coefficient (Wildman–Crippen LogP) is 3.68. The van der Waals surface area contributed by atoms with Crippen LogP contribution >= 0.6 is 12.4 Å². The molecule has 6 heteroatoms. The van der Waals surface area contributed by atoms with Crippen LogP contribution in [0.3, 0.4) is 0 Å². The lowest BCUT2D eigenvalue weighted by atomic mass is 10.0. The van der Waals surface area contributed by atoms with Gasteiger partial charge in [0.2, 0.25) is 5.91 Å². The van der Waals surface area contributed by atoms with Gasteiger partial charge in [0, 0.05) is 31.2 Å². The lowest BCUT2D eigenvalue weighted by molar-refractivity contribution is -0.121. The molecule has 3 rings (SSSR count). The van der Waals surface area contributed by atoms with Crippen molar-refractivity contribution in [3.63, 3.8) is 0 Å². The highest BCUT2D eigenvalue weighted by Gasteiger charge is 2.17. The van der Waals surface area contributed by atoms with Gasteiger partial charge in [-0.3, -0.25) is 4.79 Å². The molecule has 1 heterocycles. The Morgan fingerprint density at radius 1 is 1.29 bits per heavy atom. The van der Waals surface area contributed by atoms with Crippen molar-refractivity contribution in [2.75, 3.05) is 13.2 Å². The van der Waals surface area contributed by atoms with E-state index in [1.807, 2.05) is 55.5 Å². The molecule has 152 valence electrons. The second kappa shape index (κ2) is 11.1. The number of nitrogens with two attached hydrogens (primary N) is 1. The van der Waals surface area contributed by atoms with Crippen LogP contribution in [0.4, 0.5) is 0 Å². The molecule has 2 aromatic carbocycles. The largest absolute Gasteiger partial charge is 0.491 e. The lowest BCUT2D eigenvalue weighted by Crippen LogP contribution is -2.27. The molecule has 0 aliphatic carbocycles. The number of hydrogen-bond donors (Lipinski definition) is 2. The summed E-state index contributed by atoms with van der Waals surface area (Å²) < 4.78 is 11.6. The van der Waals surface area contributed by atoms with E-state index in [0.29, 0.717) is 13.2 Å². The van der Waals surface area contributed by atoms with Gasteiger partial charge < -0.3 is 20.5 Å². The number of ether oxygens (including phenoxy) is 2. The Hall–Kier alpha value is -2.08. The molecular formula is C22H29ClN2O3. The molecule has 2 atom stereocenters. The SMILES string of the molecule is Cc1ccc(CNC(=O)CC(N)c2ccccc2)c(OCC2CCCO2)c1.Cl. The van der Waals surface area contributed by atoms with E-state index in [1.165, 1.54) is 0 Å². The van der Waals surface area contributed by atoms with Crippen molar-refractivity contribution in [2.45, 2.75) is 44.9 Å². The zero-order valence-corrected chi connectivity index (χ0v) is 17.0. The maximum atomic E-state index is 12.3. The number of carbonyl (C=O) groups is 1. The average Bonchev–Trinajstić information content (AvgIpc) is 3.20. The Balaban J connectivity index is 0.00000280. The number of nitrogens with one attached hydrogen (secondary N) is 1. The molecule has 2 aromatic rings. The Bertz CT molecular complexity index is 749. The van der Waals surface area contributed by atoms with Gasteiger partial charge in [0.15, 0.2) is 0 Å². The standard InChI is InChI=1S/C22H28N2O3.ClH/c1-16-9-10-18(21(12-16)27-15-19-8-5-11-26-19)14-24-22(25)13-20(23)17-6-3-2-4-7-17;/h2-4,6-7,9-10,12,19-20H,5,8,11,13-15,23H2,1H3,(H,24,25);1H. The number of carbonyl (C=O) groups excluding carboxylic acids is 1. The summed E-state index contributed by atoms with van der Waals surface area (Å²) in [6, 6.07) is 15.4. The first-order valence-corrected chi connectivity index (χ1v) is 9.53. The minimum absolute atomic E-state index is 0. The molecule has 0 radical (unpaired) electrons. The molecule has 1 amide bonds. The van der Waals surface area contributed by atoms with Crippen molar-refractivity contribution in [1.29, 1.82) is 0 Å². The first-order chi connectivity index (χ1) is 13.1. The van der Waals surface area contributed by atoms with Crippen LogP contribution < -0.4 is 15.8 Å². The number of amides is 1. The predicted molar refractivity (Wildman–Crippen MR) is 113 cm³/mol. The number of benzene rings is 2. The maximum absolute atomic E-state index is 12.3. The van der Waals surface area contributed by atoms with Crippen LogP contribution in [-0.4, -0.2) is 25.2 Å². The fraction of sp³-hybridized carbons (Fsp3) is 0.409. The summed E-state index contributed by atoms with van der Waals surface area (Å²) in [5.74, 6) is 0.732. The van der Waals surface area contributed by atoms with Gasteiger partial charge in [-0.05, 0) is 37.0 Å². The number of aryl methyl sites for hydroxylation is 1. The van der Waals surface area contributed by atoms with Gasteiger partial charge in [-0.2, -0.15) is 0 Å². The Labute approximate surface area is 173 Å². The van der Waals surface area contributed by atoms with E-state index in [1.54, 1.807) is 0 Å². The minimum atomic E-state index is -0.306. The van der Waals surface area contributed by atoms with E-state index in [-0.39, 0.29) is 36.9 Å². The summed E-state index contributed by atoms with van der Waals surface area (Å²) in [7, 11) is 0. The number of rotatable bonds is 8. The number of halogens is 1. The van der Waals surface area contributed by atoms with Gasteiger partial charge in [0.05, 0.1) is 6.10 Å². The third-order valence-electron chi connectivity index (χ3n) is 4.78. The molecular weight excluding hydrogens is 376 g/mol. The molecule has 1 aliphatic heterocycles. The van der Waals surface area contributed by atoms with Crippen LogP contribution in [0.1, 0.15) is 42.0 Å². The fourth-order valence-electron chi connectivity index (χ4n) is 3.18. The van der Waals surface area contributed by atoms with E-state index < -0.39 is 0 Å². The molecule has 2 unspecified atom stereocenters. The molecule has 1 aliphatic rings. The van der Waals surface area contributed by atoms with Gasteiger partial charge >= 0.3 is 0 Å². The van der Waals surface area contributed by atoms with Gasteiger partial charge in [-0.25, -0.2) is 0 Å². The molecule has 1 saturated heterocycles.